The number of hydrogen-bond donors (Lipinski definition) is 9. The highest BCUT2D eigenvalue weighted by molar-refractivity contribution is 7.71. The molecular formula is C49H62FN11O11S. The molecule has 4 aromatic rings. The number of hydrogen-bond acceptors (Lipinski definition) is 15. The molecule has 5 heterocycles. The van der Waals surface area contributed by atoms with Gasteiger partial charge in [0, 0.05) is 54.5 Å². The number of aromatic nitrogens is 4. The van der Waals surface area contributed by atoms with E-state index in [1.54, 1.807) is 39.8 Å². The van der Waals surface area contributed by atoms with E-state index in [0.717, 1.165) is 0 Å². The first kappa shape index (κ1) is 55.3. The molecule has 73 heavy (non-hydrogen) atoms. The van der Waals surface area contributed by atoms with E-state index in [4.69, 9.17) is 32.4 Å². The van der Waals surface area contributed by atoms with Crippen molar-refractivity contribution >= 4 is 64.5 Å². The highest BCUT2D eigenvalue weighted by Crippen LogP contribution is 2.40. The van der Waals surface area contributed by atoms with E-state index in [-0.39, 0.29) is 78.1 Å². The van der Waals surface area contributed by atoms with Gasteiger partial charge in [0.2, 0.25) is 29.5 Å². The Labute approximate surface area is 424 Å². The number of H-pyrrole nitrogens is 1. The Balaban J connectivity index is 0.965. The van der Waals surface area contributed by atoms with Crippen molar-refractivity contribution in [3.05, 3.63) is 84.9 Å². The van der Waals surface area contributed by atoms with Crippen LogP contribution in [-0.2, 0) is 63.5 Å². The van der Waals surface area contributed by atoms with Gasteiger partial charge >= 0.3 is 5.97 Å². The van der Waals surface area contributed by atoms with Gasteiger partial charge in [-0.1, -0.05) is 27.2 Å². The summed E-state index contributed by atoms with van der Waals surface area (Å²) in [6.07, 6.45) is 5.97. The number of halogens is 1. The molecule has 22 nitrogen and oxygen atoms in total. The summed E-state index contributed by atoms with van der Waals surface area (Å²) in [6.45, 7) is 5.69. The van der Waals surface area contributed by atoms with E-state index >= 15 is 0 Å². The minimum absolute atomic E-state index is 0.0368. The maximum absolute atomic E-state index is 14.9. The number of aryl methyl sites for hydroxylation is 1. The summed E-state index contributed by atoms with van der Waals surface area (Å²) in [5.41, 5.74) is 6.08. The largest absolute Gasteiger partial charge is 0.458 e. The predicted octanol–water partition coefficient (Wildman–Crippen LogP) is 1.55. The molecular weight excluding hydrogens is 970 g/mol. The van der Waals surface area contributed by atoms with Gasteiger partial charge in [-0.2, -0.15) is 0 Å². The van der Waals surface area contributed by atoms with Crippen LogP contribution in [0.15, 0.2) is 35.4 Å². The molecule has 392 valence electrons. The van der Waals surface area contributed by atoms with Gasteiger partial charge in [-0.3, -0.25) is 33.6 Å². The van der Waals surface area contributed by atoms with E-state index in [0.29, 0.717) is 84.2 Å². The SMILES string of the molecule is CC[C@]1(O)C(=O)OCc2c1cc1n(c2=O)Cc2c-1nc1cc(F)c(C)cc1c2CNC(=O)COCNC(=O)CNC(=O)[C@H](CCCCN)NC(=O)[C@@H](NC(=O)CCCCCNC(=O)c1cnc(=S)[nH]c1)C(C)C. The van der Waals surface area contributed by atoms with Crippen molar-refractivity contribution in [2.75, 3.05) is 33.0 Å². The Bertz CT molecular complexity index is 2870. The fraction of sp³-hybridized carbons (Fsp3) is 0.490. The van der Waals surface area contributed by atoms with Gasteiger partial charge in [0.25, 0.3) is 11.5 Å². The molecule has 0 saturated carbocycles. The molecule has 3 atom stereocenters. The number of nitrogens with two attached hydrogens (primary N) is 1. The highest BCUT2D eigenvalue weighted by atomic mass is 32.1. The number of nitrogens with zero attached hydrogens (tertiary/aromatic N) is 3. The molecule has 0 unspecified atom stereocenters. The average molecular weight is 1030 g/mol. The van der Waals surface area contributed by atoms with Crippen LogP contribution in [0.3, 0.4) is 0 Å². The predicted molar refractivity (Wildman–Crippen MR) is 265 cm³/mol. The third-order valence-electron chi connectivity index (χ3n) is 12.7. The topological polar surface area (TPSA) is 320 Å². The van der Waals surface area contributed by atoms with E-state index in [1.807, 2.05) is 0 Å². The number of carbonyl (C=O) groups excluding carboxylic acids is 7. The lowest BCUT2D eigenvalue weighted by Gasteiger charge is -2.31. The summed E-state index contributed by atoms with van der Waals surface area (Å²) in [5, 5.41) is 27.8. The molecule has 24 heteroatoms. The number of aliphatic hydroxyl groups is 1. The molecule has 2 aliphatic rings. The van der Waals surface area contributed by atoms with Gasteiger partial charge in [-0.25, -0.2) is 19.2 Å². The molecule has 0 fully saturated rings. The van der Waals surface area contributed by atoms with Gasteiger partial charge in [-0.05, 0) is 93.4 Å². The normalized spacial score (nSPS) is 15.3. The first-order valence-electron chi connectivity index (χ1n) is 24.2. The Morgan fingerprint density at radius 3 is 2.47 bits per heavy atom. The monoisotopic (exact) mass is 1030 g/mol. The number of aromatic amines is 1. The summed E-state index contributed by atoms with van der Waals surface area (Å²) in [7, 11) is 0. The van der Waals surface area contributed by atoms with Crippen LogP contribution in [0.2, 0.25) is 0 Å². The number of unbranched alkanes of at least 4 members (excludes halogenated alkanes) is 3. The van der Waals surface area contributed by atoms with Crippen LogP contribution < -0.4 is 43.2 Å². The van der Waals surface area contributed by atoms with Crippen molar-refractivity contribution in [1.29, 1.82) is 0 Å². The Morgan fingerprint density at radius 1 is 0.973 bits per heavy atom. The van der Waals surface area contributed by atoms with Crippen LogP contribution >= 0.6 is 12.2 Å². The molecule has 0 bridgehead atoms. The molecule has 3 aromatic heterocycles. The summed E-state index contributed by atoms with van der Waals surface area (Å²) < 4.78 is 27.2. The molecule has 2 aliphatic heterocycles. The Hall–Kier alpha value is -7.02. The fourth-order valence-electron chi connectivity index (χ4n) is 8.52. The third-order valence-corrected chi connectivity index (χ3v) is 12.9. The molecule has 0 spiro atoms. The summed E-state index contributed by atoms with van der Waals surface area (Å²) in [4.78, 5) is 116. The van der Waals surface area contributed by atoms with Crippen LogP contribution in [0.5, 0.6) is 0 Å². The summed E-state index contributed by atoms with van der Waals surface area (Å²) in [6, 6.07) is 2.39. The Kier molecular flexibility index (Phi) is 19.0. The minimum Gasteiger partial charge on any atom is -0.458 e. The molecule has 1 aromatic carbocycles. The minimum atomic E-state index is -2.05. The zero-order valence-electron chi connectivity index (χ0n) is 41.2. The molecule has 6 rings (SSSR count). The van der Waals surface area contributed by atoms with E-state index < -0.39 is 78.5 Å². The number of esters is 1. The molecule has 6 amide bonds. The van der Waals surface area contributed by atoms with Crippen molar-refractivity contribution in [2.24, 2.45) is 11.7 Å². The zero-order valence-corrected chi connectivity index (χ0v) is 42.0. The number of rotatable bonds is 25. The number of carbonyl (C=O) groups is 7. The van der Waals surface area contributed by atoms with Crippen molar-refractivity contribution in [2.45, 2.75) is 116 Å². The van der Waals surface area contributed by atoms with Crippen molar-refractivity contribution in [1.82, 2.24) is 51.4 Å². The summed E-state index contributed by atoms with van der Waals surface area (Å²) in [5.74, 6) is -4.82. The average Bonchev–Trinajstić information content (AvgIpc) is 3.73. The first-order chi connectivity index (χ1) is 34.9. The number of cyclic esters (lactones) is 1. The third kappa shape index (κ3) is 13.5. The molecule has 0 aliphatic carbocycles. The van der Waals surface area contributed by atoms with Crippen molar-refractivity contribution in [3.63, 3.8) is 0 Å². The molecule has 10 N–H and O–H groups in total. The number of ether oxygens (including phenoxy) is 2. The maximum Gasteiger partial charge on any atom is 0.343 e. The van der Waals surface area contributed by atoms with Gasteiger partial charge in [0.1, 0.15) is 37.8 Å². The second-order valence-electron chi connectivity index (χ2n) is 18.2. The Morgan fingerprint density at radius 2 is 1.75 bits per heavy atom. The van der Waals surface area contributed by atoms with E-state index in [2.05, 4.69) is 41.9 Å². The van der Waals surface area contributed by atoms with Crippen LogP contribution in [0.1, 0.15) is 110 Å². The second kappa shape index (κ2) is 25.1. The highest BCUT2D eigenvalue weighted by Gasteiger charge is 2.45. The van der Waals surface area contributed by atoms with Crippen LogP contribution in [-0.4, -0.2) is 111 Å². The second-order valence-corrected chi connectivity index (χ2v) is 18.6. The quantitative estimate of drug-likeness (QED) is 0.0173. The van der Waals surface area contributed by atoms with E-state index in [1.165, 1.54) is 23.0 Å². The fourth-order valence-corrected chi connectivity index (χ4v) is 8.63. The van der Waals surface area contributed by atoms with Crippen molar-refractivity contribution < 1.29 is 52.5 Å². The summed E-state index contributed by atoms with van der Waals surface area (Å²) >= 11 is 4.89. The maximum atomic E-state index is 14.9. The van der Waals surface area contributed by atoms with Gasteiger partial charge < -0.3 is 61.8 Å². The lowest BCUT2D eigenvalue weighted by atomic mass is 9.86. The lowest BCUT2D eigenvalue weighted by Crippen LogP contribution is -2.56. The zero-order chi connectivity index (χ0) is 53.0. The van der Waals surface area contributed by atoms with E-state index in [9.17, 15) is 47.9 Å². The number of pyridine rings is 2. The van der Waals surface area contributed by atoms with Gasteiger partial charge in [0.15, 0.2) is 10.4 Å². The van der Waals surface area contributed by atoms with Crippen molar-refractivity contribution in [3.8, 4) is 11.4 Å². The number of amides is 6. The van der Waals surface area contributed by atoms with Crippen LogP contribution in [0, 0.1) is 23.4 Å². The standard InChI is InChI=1S/C49H62FN11O11S/c1-5-49(70)33-16-37-42-31(22-61(37)46(68)32(33)23-72-47(49)69)30(29-15-27(4)34(50)17-36(29)58-42)20-53-40(64)24-71-25-57-39(63)21-54-44(66)35(11-8-9-13-51)59-45(67)41(26(2)3)60-38(62)12-7-6-10-14-52-43(65)28-18-55-48(73)56-19-28/h15-19,26,35,41,70H,5-14,20-25,51H2,1-4H3,(H,52,65)(H,53,64)(H,54,66)(H,57,63)(H,59,67)(H,60,62)(H,55,56,73)/t35-,41-,49+/m0/s1. The smallest absolute Gasteiger partial charge is 0.343 e. The lowest BCUT2D eigenvalue weighted by molar-refractivity contribution is -0.172. The van der Waals surface area contributed by atoms with Crippen LogP contribution in [0.4, 0.5) is 4.39 Å². The van der Waals surface area contributed by atoms with Gasteiger partial charge in [0.05, 0.1) is 41.1 Å². The van der Waals surface area contributed by atoms with Crippen LogP contribution in [0.25, 0.3) is 22.3 Å². The number of benzene rings is 1. The molecule has 0 radical (unpaired) electrons. The van der Waals surface area contributed by atoms with Gasteiger partial charge in [-0.15, -0.1) is 0 Å². The number of nitrogens with one attached hydrogen (secondary N) is 7. The molecule has 0 saturated heterocycles. The first-order valence-corrected chi connectivity index (χ1v) is 24.6. The number of fused-ring (bicyclic) bond motifs is 5.